The number of carbonyl (C=O) groups is 2. The van der Waals surface area contributed by atoms with Crippen molar-refractivity contribution in [1.82, 2.24) is 10.6 Å². The van der Waals surface area contributed by atoms with Gasteiger partial charge < -0.3 is 10.6 Å². The zero-order valence-corrected chi connectivity index (χ0v) is 8.98. The normalized spacial score (nSPS) is 23.7. The van der Waals surface area contributed by atoms with Crippen LogP contribution in [-0.4, -0.2) is 35.8 Å². The lowest BCUT2D eigenvalue weighted by Gasteiger charge is -2.04. The van der Waals surface area contributed by atoms with Gasteiger partial charge in [-0.25, -0.2) is 0 Å². The van der Waals surface area contributed by atoms with E-state index in [4.69, 9.17) is 0 Å². The predicted octanol–water partition coefficient (Wildman–Crippen LogP) is -0.270. The molecule has 6 heteroatoms. The topological polar surface area (TPSA) is 70.6 Å². The van der Waals surface area contributed by atoms with Crippen molar-refractivity contribution in [2.75, 3.05) is 13.6 Å². The van der Waals surface area contributed by atoms with Gasteiger partial charge in [-0.2, -0.15) is 0 Å². The number of thioether (sulfide) groups is 1. The Hall–Kier alpha value is -1.04. The van der Waals surface area contributed by atoms with Crippen LogP contribution < -0.4 is 10.6 Å². The Bertz CT molecular complexity index is 278. The molecule has 1 aliphatic rings. The molecule has 1 fully saturated rings. The van der Waals surface area contributed by atoms with Gasteiger partial charge in [-0.15, -0.1) is 0 Å². The predicted molar refractivity (Wildman–Crippen MR) is 56.2 cm³/mol. The molecule has 0 aliphatic carbocycles. The Balaban J connectivity index is 2.46. The van der Waals surface area contributed by atoms with Crippen molar-refractivity contribution in [2.45, 2.75) is 18.6 Å². The highest BCUT2D eigenvalue weighted by atomic mass is 32.2. The maximum absolute atomic E-state index is 11.3. The van der Waals surface area contributed by atoms with E-state index >= 15 is 0 Å². The summed E-state index contributed by atoms with van der Waals surface area (Å²) in [7, 11) is 1.61. The molecule has 5 nitrogen and oxygen atoms in total. The monoisotopic (exact) mass is 215 g/mol. The van der Waals surface area contributed by atoms with E-state index in [9.17, 15) is 9.59 Å². The minimum absolute atomic E-state index is 0.0995. The first-order valence-corrected chi connectivity index (χ1v) is 5.26. The molecule has 1 aliphatic heterocycles. The largest absolute Gasteiger partial charge is 0.356 e. The minimum Gasteiger partial charge on any atom is -0.356 e. The fraction of sp³-hybridized carbons (Fsp3) is 0.625. The maximum Gasteiger partial charge on any atom is 0.240 e. The molecule has 1 unspecified atom stereocenters. The third-order valence-electron chi connectivity index (χ3n) is 1.72. The summed E-state index contributed by atoms with van der Waals surface area (Å²) < 4.78 is 0. The molecule has 2 N–H and O–H groups in total. The quantitative estimate of drug-likeness (QED) is 0.681. The molecule has 0 aromatic rings. The molecule has 14 heavy (non-hydrogen) atoms. The van der Waals surface area contributed by atoms with Crippen LogP contribution >= 0.6 is 11.8 Å². The van der Waals surface area contributed by atoms with E-state index in [0.717, 1.165) is 0 Å². The lowest BCUT2D eigenvalue weighted by atomic mass is 10.3. The Morgan fingerprint density at radius 1 is 1.71 bits per heavy atom. The summed E-state index contributed by atoms with van der Waals surface area (Å²) in [5.41, 5.74) is 0. The number of nitrogens with zero attached hydrogens (tertiary/aromatic N) is 1. The van der Waals surface area contributed by atoms with Gasteiger partial charge in [0.2, 0.25) is 11.8 Å². The van der Waals surface area contributed by atoms with Crippen LogP contribution in [0, 0.1) is 0 Å². The van der Waals surface area contributed by atoms with Crippen molar-refractivity contribution in [2.24, 2.45) is 4.99 Å². The SMILES string of the molecule is CCNC(=O)CC1S/C(=N/C)NC1=O. The fourth-order valence-corrected chi connectivity index (χ4v) is 2.02. The summed E-state index contributed by atoms with van der Waals surface area (Å²) >= 11 is 1.30. The van der Waals surface area contributed by atoms with Crippen molar-refractivity contribution in [3.05, 3.63) is 0 Å². The number of hydrogen-bond donors (Lipinski definition) is 2. The van der Waals surface area contributed by atoms with Gasteiger partial charge in [-0.3, -0.25) is 14.6 Å². The summed E-state index contributed by atoms with van der Waals surface area (Å²) in [5, 5.41) is 5.50. The van der Waals surface area contributed by atoms with Gasteiger partial charge in [-0.05, 0) is 6.92 Å². The standard InChI is InChI=1S/C8H13N3O2S/c1-3-10-6(12)4-5-7(13)11-8(9-2)14-5/h5H,3-4H2,1-2H3,(H,10,12)(H,9,11,13). The highest BCUT2D eigenvalue weighted by molar-refractivity contribution is 8.15. The molecular weight excluding hydrogens is 202 g/mol. The highest BCUT2D eigenvalue weighted by Gasteiger charge is 2.31. The van der Waals surface area contributed by atoms with E-state index in [-0.39, 0.29) is 23.5 Å². The second kappa shape index (κ2) is 4.99. The van der Waals surface area contributed by atoms with Gasteiger partial charge in [0.25, 0.3) is 0 Å². The molecule has 0 aromatic carbocycles. The van der Waals surface area contributed by atoms with E-state index in [2.05, 4.69) is 15.6 Å². The van der Waals surface area contributed by atoms with Crippen LogP contribution in [0.5, 0.6) is 0 Å². The molecule has 0 saturated carbocycles. The summed E-state index contributed by atoms with van der Waals surface area (Å²) in [6, 6.07) is 0. The number of amidine groups is 1. The van der Waals surface area contributed by atoms with Crippen molar-refractivity contribution < 1.29 is 9.59 Å². The second-order valence-electron chi connectivity index (χ2n) is 2.78. The van der Waals surface area contributed by atoms with E-state index in [1.807, 2.05) is 6.92 Å². The van der Waals surface area contributed by atoms with Crippen LogP contribution in [0.3, 0.4) is 0 Å². The van der Waals surface area contributed by atoms with Gasteiger partial charge in [0.05, 0.1) is 0 Å². The first-order valence-electron chi connectivity index (χ1n) is 4.38. The highest BCUT2D eigenvalue weighted by Crippen LogP contribution is 2.21. The average Bonchev–Trinajstić information content (AvgIpc) is 2.48. The summed E-state index contributed by atoms with van der Waals surface area (Å²) in [4.78, 5) is 26.3. The van der Waals surface area contributed by atoms with Crippen LogP contribution in [0.1, 0.15) is 13.3 Å². The van der Waals surface area contributed by atoms with Gasteiger partial charge in [-0.1, -0.05) is 11.8 Å². The van der Waals surface area contributed by atoms with E-state index < -0.39 is 0 Å². The lowest BCUT2D eigenvalue weighted by Crippen LogP contribution is -2.31. The summed E-state index contributed by atoms with van der Waals surface area (Å²) in [6.07, 6.45) is 0.212. The maximum atomic E-state index is 11.3. The van der Waals surface area contributed by atoms with Gasteiger partial charge >= 0.3 is 0 Å². The van der Waals surface area contributed by atoms with Crippen LogP contribution in [0.4, 0.5) is 0 Å². The number of rotatable bonds is 3. The Kier molecular flexibility index (Phi) is 3.94. The Morgan fingerprint density at radius 3 is 2.93 bits per heavy atom. The number of hydrogen-bond acceptors (Lipinski definition) is 4. The fourth-order valence-electron chi connectivity index (χ4n) is 1.08. The van der Waals surface area contributed by atoms with Gasteiger partial charge in [0.15, 0.2) is 5.17 Å². The molecular formula is C8H13N3O2S. The molecule has 1 rings (SSSR count). The van der Waals surface area contributed by atoms with E-state index in [0.29, 0.717) is 11.7 Å². The molecule has 0 radical (unpaired) electrons. The van der Waals surface area contributed by atoms with Crippen LogP contribution in [0.15, 0.2) is 4.99 Å². The zero-order chi connectivity index (χ0) is 10.6. The molecule has 1 saturated heterocycles. The van der Waals surface area contributed by atoms with Crippen LogP contribution in [0.25, 0.3) is 0 Å². The Morgan fingerprint density at radius 2 is 2.43 bits per heavy atom. The summed E-state index contributed by atoms with van der Waals surface area (Å²) in [5.74, 6) is -0.237. The zero-order valence-electron chi connectivity index (χ0n) is 8.16. The smallest absolute Gasteiger partial charge is 0.240 e. The minimum atomic E-state index is -0.333. The molecule has 78 valence electrons. The second-order valence-corrected chi connectivity index (χ2v) is 3.97. The molecule has 2 amide bonds. The molecule has 1 atom stereocenters. The lowest BCUT2D eigenvalue weighted by molar-refractivity contribution is -0.125. The van der Waals surface area contributed by atoms with Crippen molar-refractivity contribution in [1.29, 1.82) is 0 Å². The first-order chi connectivity index (χ1) is 6.67. The average molecular weight is 215 g/mol. The van der Waals surface area contributed by atoms with Crippen LogP contribution in [-0.2, 0) is 9.59 Å². The third-order valence-corrected chi connectivity index (χ3v) is 2.90. The number of carbonyl (C=O) groups excluding carboxylic acids is 2. The number of amides is 2. The van der Waals surface area contributed by atoms with Crippen molar-refractivity contribution in [3.8, 4) is 0 Å². The van der Waals surface area contributed by atoms with Gasteiger partial charge in [0, 0.05) is 20.0 Å². The van der Waals surface area contributed by atoms with Crippen molar-refractivity contribution >= 4 is 28.7 Å². The van der Waals surface area contributed by atoms with Crippen molar-refractivity contribution in [3.63, 3.8) is 0 Å². The number of aliphatic imine (C=N–C) groups is 1. The third kappa shape index (κ3) is 2.73. The molecule has 1 heterocycles. The van der Waals surface area contributed by atoms with Gasteiger partial charge in [0.1, 0.15) is 5.25 Å². The molecule has 0 aromatic heterocycles. The van der Waals surface area contributed by atoms with E-state index in [1.165, 1.54) is 11.8 Å². The first kappa shape index (κ1) is 11.0. The summed E-state index contributed by atoms with van der Waals surface area (Å²) in [6.45, 7) is 2.44. The van der Waals surface area contributed by atoms with E-state index in [1.54, 1.807) is 7.05 Å². The molecule has 0 bridgehead atoms. The molecule has 0 spiro atoms. The van der Waals surface area contributed by atoms with Crippen LogP contribution in [0.2, 0.25) is 0 Å². The number of nitrogens with one attached hydrogen (secondary N) is 2. The Labute approximate surface area is 86.7 Å².